The number of carbonyl (C=O) groups is 1. The summed E-state index contributed by atoms with van der Waals surface area (Å²) in [5.41, 5.74) is 2.00. The van der Waals surface area contributed by atoms with Crippen molar-refractivity contribution in [3.05, 3.63) is 89.6 Å². The molecule has 0 aliphatic rings. The number of para-hydroxylation sites is 2. The van der Waals surface area contributed by atoms with Crippen molar-refractivity contribution >= 4 is 17.7 Å². The van der Waals surface area contributed by atoms with Gasteiger partial charge in [-0.1, -0.05) is 48.2 Å². The molecule has 2 aromatic heterocycles. The van der Waals surface area contributed by atoms with Gasteiger partial charge in [-0.15, -0.1) is 10.2 Å². The second-order valence-electron chi connectivity index (χ2n) is 6.67. The van der Waals surface area contributed by atoms with Gasteiger partial charge in [0.25, 0.3) is 0 Å². The largest absolute Gasteiger partial charge is 0.485 e. The molecule has 0 bridgehead atoms. The first-order chi connectivity index (χ1) is 15.2. The fourth-order valence-corrected chi connectivity index (χ4v) is 3.85. The Morgan fingerprint density at radius 1 is 1.03 bits per heavy atom. The van der Waals surface area contributed by atoms with Crippen LogP contribution in [-0.4, -0.2) is 27.8 Å². The number of benzene rings is 2. The minimum absolute atomic E-state index is 0.176. The Morgan fingerprint density at radius 2 is 1.81 bits per heavy atom. The standard InChI is InChI=1S/C23H21N3O4S/c1-16-8-6-7-11-19(16)29-14-21-24-25-23(26(21)17-9-4-3-5-10-17)31-15-18-12-13-20(30-18)22(27)28-2/h3-13H,14-15H2,1-2H3. The van der Waals surface area contributed by atoms with E-state index >= 15 is 0 Å². The number of hydrogen-bond acceptors (Lipinski definition) is 7. The van der Waals surface area contributed by atoms with Crippen LogP contribution in [0.15, 0.2) is 76.3 Å². The lowest BCUT2D eigenvalue weighted by Crippen LogP contribution is -2.07. The molecular formula is C23H21N3O4S. The zero-order chi connectivity index (χ0) is 21.6. The van der Waals surface area contributed by atoms with E-state index in [9.17, 15) is 4.79 Å². The van der Waals surface area contributed by atoms with Gasteiger partial charge in [0, 0.05) is 5.69 Å². The van der Waals surface area contributed by atoms with Crippen LogP contribution in [0, 0.1) is 6.92 Å². The Kier molecular flexibility index (Phi) is 6.37. The molecule has 2 aromatic carbocycles. The van der Waals surface area contributed by atoms with Crippen LogP contribution in [0.5, 0.6) is 5.75 Å². The molecule has 7 nitrogen and oxygen atoms in total. The molecule has 0 amide bonds. The number of aromatic nitrogens is 3. The predicted molar refractivity (Wildman–Crippen MR) is 116 cm³/mol. The van der Waals surface area contributed by atoms with Crippen LogP contribution in [0.1, 0.15) is 27.7 Å². The summed E-state index contributed by atoms with van der Waals surface area (Å²) in [6.07, 6.45) is 0. The van der Waals surface area contributed by atoms with Crippen molar-refractivity contribution < 1.29 is 18.7 Å². The number of furan rings is 1. The summed E-state index contributed by atoms with van der Waals surface area (Å²) in [6, 6.07) is 21.1. The molecule has 0 radical (unpaired) electrons. The smallest absolute Gasteiger partial charge is 0.373 e. The van der Waals surface area contributed by atoms with Crippen molar-refractivity contribution in [1.29, 1.82) is 0 Å². The Hall–Kier alpha value is -3.52. The maximum absolute atomic E-state index is 11.6. The minimum atomic E-state index is -0.501. The number of ether oxygens (including phenoxy) is 2. The van der Waals surface area contributed by atoms with Crippen molar-refractivity contribution in [2.45, 2.75) is 24.4 Å². The summed E-state index contributed by atoms with van der Waals surface area (Å²) in [5, 5.41) is 9.42. The van der Waals surface area contributed by atoms with Gasteiger partial charge in [-0.3, -0.25) is 4.57 Å². The van der Waals surface area contributed by atoms with Crippen LogP contribution in [-0.2, 0) is 17.1 Å². The topological polar surface area (TPSA) is 79.4 Å². The number of hydrogen-bond donors (Lipinski definition) is 0. The monoisotopic (exact) mass is 435 g/mol. The summed E-state index contributed by atoms with van der Waals surface area (Å²) >= 11 is 1.46. The Balaban J connectivity index is 1.55. The third-order valence-electron chi connectivity index (χ3n) is 4.56. The zero-order valence-corrected chi connectivity index (χ0v) is 18.0. The van der Waals surface area contributed by atoms with Crippen molar-refractivity contribution in [3.63, 3.8) is 0 Å². The van der Waals surface area contributed by atoms with Crippen LogP contribution in [0.2, 0.25) is 0 Å². The average Bonchev–Trinajstić information content (AvgIpc) is 3.44. The number of rotatable bonds is 8. The summed E-state index contributed by atoms with van der Waals surface area (Å²) in [5.74, 6) is 2.30. The molecule has 0 aliphatic carbocycles. The first-order valence-corrected chi connectivity index (χ1v) is 10.6. The second kappa shape index (κ2) is 9.53. The zero-order valence-electron chi connectivity index (χ0n) is 17.1. The molecule has 0 unspecified atom stereocenters. The fraction of sp³-hybridized carbons (Fsp3) is 0.174. The van der Waals surface area contributed by atoms with E-state index in [0.29, 0.717) is 22.5 Å². The lowest BCUT2D eigenvalue weighted by molar-refractivity contribution is 0.0563. The van der Waals surface area contributed by atoms with Gasteiger partial charge in [0.2, 0.25) is 5.76 Å². The van der Waals surface area contributed by atoms with Gasteiger partial charge in [-0.25, -0.2) is 4.79 Å². The first-order valence-electron chi connectivity index (χ1n) is 9.63. The summed E-state index contributed by atoms with van der Waals surface area (Å²) in [7, 11) is 1.32. The molecule has 0 saturated heterocycles. The highest BCUT2D eigenvalue weighted by molar-refractivity contribution is 7.98. The number of esters is 1. The highest BCUT2D eigenvalue weighted by Gasteiger charge is 2.17. The van der Waals surface area contributed by atoms with Crippen molar-refractivity contribution in [2.24, 2.45) is 0 Å². The lowest BCUT2D eigenvalue weighted by Gasteiger charge is -2.12. The maximum atomic E-state index is 11.6. The molecule has 31 heavy (non-hydrogen) atoms. The van der Waals surface area contributed by atoms with E-state index in [4.69, 9.17) is 9.15 Å². The SMILES string of the molecule is COC(=O)c1ccc(CSc2nnc(COc3ccccc3C)n2-c2ccccc2)o1. The molecule has 0 atom stereocenters. The van der Waals surface area contributed by atoms with Gasteiger partial charge in [-0.2, -0.15) is 0 Å². The molecule has 8 heteroatoms. The predicted octanol–water partition coefficient (Wildman–Crippen LogP) is 4.83. The Labute approximate surface area is 184 Å². The normalized spacial score (nSPS) is 10.8. The van der Waals surface area contributed by atoms with Crippen LogP contribution in [0.3, 0.4) is 0 Å². The van der Waals surface area contributed by atoms with E-state index < -0.39 is 5.97 Å². The number of carbonyl (C=O) groups excluding carboxylic acids is 1. The molecule has 0 aliphatic heterocycles. The third-order valence-corrected chi connectivity index (χ3v) is 5.51. The van der Waals surface area contributed by atoms with E-state index in [1.165, 1.54) is 18.9 Å². The number of thioether (sulfide) groups is 1. The van der Waals surface area contributed by atoms with Gasteiger partial charge in [0.05, 0.1) is 12.9 Å². The van der Waals surface area contributed by atoms with Gasteiger partial charge in [0.15, 0.2) is 11.0 Å². The Morgan fingerprint density at radius 3 is 2.58 bits per heavy atom. The van der Waals surface area contributed by atoms with Crippen molar-refractivity contribution in [2.75, 3.05) is 7.11 Å². The van der Waals surface area contributed by atoms with Crippen LogP contribution >= 0.6 is 11.8 Å². The maximum Gasteiger partial charge on any atom is 0.373 e. The molecule has 158 valence electrons. The highest BCUT2D eigenvalue weighted by Crippen LogP contribution is 2.27. The van der Waals surface area contributed by atoms with Gasteiger partial charge < -0.3 is 13.9 Å². The first kappa shape index (κ1) is 20.7. The number of methoxy groups -OCH3 is 1. The lowest BCUT2D eigenvalue weighted by atomic mass is 10.2. The fourth-order valence-electron chi connectivity index (χ4n) is 2.99. The summed E-state index contributed by atoms with van der Waals surface area (Å²) in [6.45, 7) is 2.28. The summed E-state index contributed by atoms with van der Waals surface area (Å²) < 4.78 is 18.2. The molecule has 0 spiro atoms. The van der Waals surface area contributed by atoms with E-state index in [0.717, 1.165) is 17.0 Å². The Bertz CT molecular complexity index is 1170. The molecule has 4 aromatic rings. The van der Waals surface area contributed by atoms with E-state index in [2.05, 4.69) is 14.9 Å². The molecule has 0 saturated carbocycles. The molecular weight excluding hydrogens is 414 g/mol. The molecule has 4 rings (SSSR count). The van der Waals surface area contributed by atoms with E-state index in [1.54, 1.807) is 12.1 Å². The second-order valence-corrected chi connectivity index (χ2v) is 7.61. The minimum Gasteiger partial charge on any atom is -0.485 e. The van der Waals surface area contributed by atoms with Crippen LogP contribution < -0.4 is 4.74 Å². The van der Waals surface area contributed by atoms with E-state index in [1.807, 2.05) is 66.1 Å². The molecule has 2 heterocycles. The third kappa shape index (κ3) is 4.80. The molecule has 0 N–H and O–H groups in total. The van der Waals surface area contributed by atoms with Gasteiger partial charge >= 0.3 is 5.97 Å². The average molecular weight is 436 g/mol. The van der Waals surface area contributed by atoms with Gasteiger partial charge in [0.1, 0.15) is 18.1 Å². The van der Waals surface area contributed by atoms with Crippen molar-refractivity contribution in [1.82, 2.24) is 14.8 Å². The summed E-state index contributed by atoms with van der Waals surface area (Å²) in [4.78, 5) is 11.6. The highest BCUT2D eigenvalue weighted by atomic mass is 32.2. The van der Waals surface area contributed by atoms with Crippen LogP contribution in [0.25, 0.3) is 5.69 Å². The van der Waals surface area contributed by atoms with Crippen LogP contribution in [0.4, 0.5) is 0 Å². The van der Waals surface area contributed by atoms with E-state index in [-0.39, 0.29) is 12.4 Å². The molecule has 0 fully saturated rings. The number of aryl methyl sites for hydroxylation is 1. The van der Waals surface area contributed by atoms with Gasteiger partial charge in [-0.05, 0) is 42.8 Å². The quantitative estimate of drug-likeness (QED) is 0.290. The van der Waals surface area contributed by atoms with Crippen molar-refractivity contribution in [3.8, 4) is 11.4 Å². The number of nitrogens with zero attached hydrogens (tertiary/aromatic N) is 3.